The summed E-state index contributed by atoms with van der Waals surface area (Å²) in [7, 11) is 1.91. The predicted octanol–water partition coefficient (Wildman–Crippen LogP) is 2.32. The molecule has 3 aromatic rings. The molecule has 1 amide bonds. The fraction of sp³-hybridized carbons (Fsp3) is 0.412. The molecule has 0 bridgehead atoms. The molecule has 132 valence electrons. The third-order valence-corrected chi connectivity index (χ3v) is 5.00. The summed E-state index contributed by atoms with van der Waals surface area (Å²) in [6.07, 6.45) is 1.73. The fourth-order valence-corrected chi connectivity index (χ4v) is 3.38. The van der Waals surface area contributed by atoms with Gasteiger partial charge in [0.25, 0.3) is 0 Å². The largest absolute Gasteiger partial charge is 0.347 e. The number of amides is 1. The van der Waals surface area contributed by atoms with Crippen LogP contribution in [0, 0.1) is 13.8 Å². The molecule has 1 N–H and O–H groups in total. The minimum Gasteiger partial charge on any atom is -0.347 e. The van der Waals surface area contributed by atoms with E-state index in [2.05, 4.69) is 20.6 Å². The van der Waals surface area contributed by atoms with Crippen LogP contribution in [0.25, 0.3) is 0 Å². The van der Waals surface area contributed by atoms with Crippen molar-refractivity contribution in [3.63, 3.8) is 0 Å². The molecule has 0 unspecified atom stereocenters. The Balaban J connectivity index is 1.47. The number of carbonyl (C=O) groups is 1. The van der Waals surface area contributed by atoms with E-state index in [0.717, 1.165) is 17.0 Å². The molecule has 0 aromatic carbocycles. The molecular formula is C17H21N5O2S. The summed E-state index contributed by atoms with van der Waals surface area (Å²) in [5, 5.41) is 13.2. The van der Waals surface area contributed by atoms with Crippen LogP contribution in [-0.2, 0) is 31.2 Å². The number of hydrogen-bond acceptors (Lipinski definition) is 6. The van der Waals surface area contributed by atoms with Crippen LogP contribution in [0.15, 0.2) is 22.0 Å². The van der Waals surface area contributed by atoms with Crippen LogP contribution >= 0.6 is 11.3 Å². The molecule has 0 saturated carbocycles. The van der Waals surface area contributed by atoms with Crippen LogP contribution in [0.4, 0.5) is 0 Å². The number of aromatic nitrogens is 4. The van der Waals surface area contributed by atoms with Crippen LogP contribution < -0.4 is 5.32 Å². The third-order valence-electron chi connectivity index (χ3n) is 4.12. The lowest BCUT2D eigenvalue weighted by Gasteiger charge is -2.03. The lowest BCUT2D eigenvalue weighted by Crippen LogP contribution is -2.23. The molecule has 25 heavy (non-hydrogen) atoms. The van der Waals surface area contributed by atoms with Gasteiger partial charge in [-0.3, -0.25) is 9.48 Å². The van der Waals surface area contributed by atoms with Crippen molar-refractivity contribution in [2.45, 2.75) is 39.7 Å². The van der Waals surface area contributed by atoms with E-state index in [1.54, 1.807) is 11.3 Å². The first-order valence-electron chi connectivity index (χ1n) is 8.12. The smallest absolute Gasteiger partial charge is 0.246 e. The summed E-state index contributed by atoms with van der Waals surface area (Å²) in [6.45, 7) is 4.23. The van der Waals surface area contributed by atoms with E-state index < -0.39 is 0 Å². The molecule has 7 nitrogen and oxygen atoms in total. The number of carbonyl (C=O) groups excluding carboxylic acids is 1. The van der Waals surface area contributed by atoms with Crippen LogP contribution in [-0.4, -0.2) is 25.8 Å². The fourth-order valence-electron chi connectivity index (χ4n) is 2.68. The Morgan fingerprint density at radius 3 is 2.92 bits per heavy atom. The molecule has 0 fully saturated rings. The average Bonchev–Trinajstić information content (AvgIpc) is 3.29. The van der Waals surface area contributed by atoms with Crippen molar-refractivity contribution in [2.75, 3.05) is 0 Å². The van der Waals surface area contributed by atoms with Gasteiger partial charge in [-0.15, -0.1) is 11.3 Å². The monoisotopic (exact) mass is 359 g/mol. The highest BCUT2D eigenvalue weighted by Gasteiger charge is 2.13. The second-order valence-electron chi connectivity index (χ2n) is 5.91. The standard InChI is InChI=1S/C17H21N5O2S/c1-11-14(12(2)22(3)20-11)6-7-16(23)18-10-17-19-15(21-24-17)9-13-5-4-8-25-13/h4-5,8H,6-7,9-10H2,1-3H3,(H,18,23). The Morgan fingerprint density at radius 2 is 2.24 bits per heavy atom. The maximum Gasteiger partial charge on any atom is 0.246 e. The zero-order valence-electron chi connectivity index (χ0n) is 14.6. The molecule has 3 aromatic heterocycles. The van der Waals surface area contributed by atoms with Gasteiger partial charge in [0.1, 0.15) is 0 Å². The van der Waals surface area contributed by atoms with E-state index in [1.807, 2.05) is 43.1 Å². The highest BCUT2D eigenvalue weighted by atomic mass is 32.1. The lowest BCUT2D eigenvalue weighted by atomic mass is 10.1. The molecule has 3 rings (SSSR count). The molecule has 8 heteroatoms. The third kappa shape index (κ3) is 4.33. The van der Waals surface area contributed by atoms with Gasteiger partial charge in [-0.05, 0) is 37.3 Å². The van der Waals surface area contributed by atoms with Crippen molar-refractivity contribution in [3.05, 3.63) is 51.1 Å². The first-order valence-corrected chi connectivity index (χ1v) is 9.00. The average molecular weight is 359 g/mol. The lowest BCUT2D eigenvalue weighted by molar-refractivity contribution is -0.121. The first-order chi connectivity index (χ1) is 12.0. The summed E-state index contributed by atoms with van der Waals surface area (Å²) in [6, 6.07) is 4.03. The van der Waals surface area contributed by atoms with E-state index in [1.165, 1.54) is 4.88 Å². The number of aryl methyl sites for hydroxylation is 2. The molecule has 0 aliphatic rings. The molecule has 0 saturated heterocycles. The molecule has 0 radical (unpaired) electrons. The van der Waals surface area contributed by atoms with E-state index >= 15 is 0 Å². The number of hydrogen-bond donors (Lipinski definition) is 1. The first kappa shape index (κ1) is 17.3. The summed E-state index contributed by atoms with van der Waals surface area (Å²) >= 11 is 1.66. The Morgan fingerprint density at radius 1 is 1.40 bits per heavy atom. The van der Waals surface area contributed by atoms with Gasteiger partial charge in [0.2, 0.25) is 11.8 Å². The molecule has 0 atom stereocenters. The van der Waals surface area contributed by atoms with Gasteiger partial charge in [0, 0.05) is 30.5 Å². The topological polar surface area (TPSA) is 85.8 Å². The zero-order valence-corrected chi connectivity index (χ0v) is 15.4. The second-order valence-corrected chi connectivity index (χ2v) is 6.94. The zero-order chi connectivity index (χ0) is 17.8. The summed E-state index contributed by atoms with van der Waals surface area (Å²) in [5.41, 5.74) is 3.21. The second kappa shape index (κ2) is 7.60. The molecule has 0 aliphatic heterocycles. The van der Waals surface area contributed by atoms with Crippen LogP contribution in [0.5, 0.6) is 0 Å². The van der Waals surface area contributed by atoms with Gasteiger partial charge in [0.15, 0.2) is 5.82 Å². The van der Waals surface area contributed by atoms with Crippen molar-refractivity contribution >= 4 is 17.2 Å². The SMILES string of the molecule is Cc1nn(C)c(C)c1CCC(=O)NCc1nc(Cc2cccs2)no1. The maximum atomic E-state index is 12.1. The number of nitrogens with zero attached hydrogens (tertiary/aromatic N) is 4. The summed E-state index contributed by atoms with van der Waals surface area (Å²) < 4.78 is 7.03. The van der Waals surface area contributed by atoms with Gasteiger partial charge in [0.05, 0.1) is 12.2 Å². The predicted molar refractivity (Wildman–Crippen MR) is 94.3 cm³/mol. The number of nitrogens with one attached hydrogen (secondary N) is 1. The van der Waals surface area contributed by atoms with Gasteiger partial charge >= 0.3 is 0 Å². The highest BCUT2D eigenvalue weighted by molar-refractivity contribution is 7.09. The Kier molecular flexibility index (Phi) is 5.28. The molecule has 3 heterocycles. The quantitative estimate of drug-likeness (QED) is 0.700. The Bertz CT molecular complexity index is 851. The van der Waals surface area contributed by atoms with Crippen molar-refractivity contribution in [2.24, 2.45) is 7.05 Å². The summed E-state index contributed by atoms with van der Waals surface area (Å²) in [5.74, 6) is 1.02. The van der Waals surface area contributed by atoms with Crippen LogP contribution in [0.1, 0.15) is 40.0 Å². The van der Waals surface area contributed by atoms with Crippen molar-refractivity contribution in [3.8, 4) is 0 Å². The summed E-state index contributed by atoms with van der Waals surface area (Å²) in [4.78, 5) is 17.5. The highest BCUT2D eigenvalue weighted by Crippen LogP contribution is 2.14. The minimum atomic E-state index is -0.0411. The van der Waals surface area contributed by atoms with Gasteiger partial charge in [-0.2, -0.15) is 10.1 Å². The number of thiophene rings is 1. The van der Waals surface area contributed by atoms with E-state index in [4.69, 9.17) is 4.52 Å². The van der Waals surface area contributed by atoms with E-state index in [9.17, 15) is 4.79 Å². The number of rotatable bonds is 7. The van der Waals surface area contributed by atoms with Gasteiger partial charge in [-0.25, -0.2) is 0 Å². The van der Waals surface area contributed by atoms with Crippen molar-refractivity contribution < 1.29 is 9.32 Å². The normalized spacial score (nSPS) is 11.0. The van der Waals surface area contributed by atoms with Gasteiger partial charge < -0.3 is 9.84 Å². The van der Waals surface area contributed by atoms with E-state index in [-0.39, 0.29) is 12.5 Å². The van der Waals surface area contributed by atoms with Gasteiger partial charge in [-0.1, -0.05) is 11.2 Å². The molecule has 0 aliphatic carbocycles. The Labute approximate surface area is 150 Å². The molecular weight excluding hydrogens is 338 g/mol. The van der Waals surface area contributed by atoms with Crippen LogP contribution in [0.3, 0.4) is 0 Å². The van der Waals surface area contributed by atoms with Crippen molar-refractivity contribution in [1.29, 1.82) is 0 Å². The maximum absolute atomic E-state index is 12.1. The van der Waals surface area contributed by atoms with Crippen LogP contribution in [0.2, 0.25) is 0 Å². The Hall–Kier alpha value is -2.48. The van der Waals surface area contributed by atoms with E-state index in [0.29, 0.717) is 31.0 Å². The van der Waals surface area contributed by atoms with Crippen molar-refractivity contribution in [1.82, 2.24) is 25.2 Å². The minimum absolute atomic E-state index is 0.0411. The molecule has 0 spiro atoms.